The molecule has 7 nitrogen and oxygen atoms in total. The SMILES string of the molecule is COc1ccc(-c2cc(C(=O)NN=Cc3ccc(O)cc3)n(-c3ccccc3)n2)cc1. The normalized spacial score (nSPS) is 10.9. The van der Waals surface area contributed by atoms with Gasteiger partial charge in [-0.25, -0.2) is 10.1 Å². The van der Waals surface area contributed by atoms with Gasteiger partial charge in [0.25, 0.3) is 5.91 Å². The van der Waals surface area contributed by atoms with Gasteiger partial charge in [0, 0.05) is 5.56 Å². The molecular formula is C24H20N4O3. The second-order valence-corrected chi connectivity index (χ2v) is 6.68. The summed E-state index contributed by atoms with van der Waals surface area (Å²) in [6, 6.07) is 25.1. The molecule has 154 valence electrons. The lowest BCUT2D eigenvalue weighted by atomic mass is 10.1. The van der Waals surface area contributed by atoms with Crippen LogP contribution >= 0.6 is 0 Å². The van der Waals surface area contributed by atoms with Crippen LogP contribution < -0.4 is 10.2 Å². The van der Waals surface area contributed by atoms with Crippen LogP contribution in [0.1, 0.15) is 16.1 Å². The zero-order valence-electron chi connectivity index (χ0n) is 16.8. The fourth-order valence-corrected chi connectivity index (χ4v) is 2.99. The van der Waals surface area contributed by atoms with Crippen molar-refractivity contribution in [2.24, 2.45) is 5.10 Å². The number of phenolic OH excluding ortho intramolecular Hbond substituents is 1. The number of amides is 1. The number of para-hydroxylation sites is 1. The van der Waals surface area contributed by atoms with Gasteiger partial charge in [-0.1, -0.05) is 18.2 Å². The Bertz CT molecular complexity index is 1200. The van der Waals surface area contributed by atoms with E-state index in [2.05, 4.69) is 15.6 Å². The van der Waals surface area contributed by atoms with Crippen LogP contribution in [0.3, 0.4) is 0 Å². The van der Waals surface area contributed by atoms with E-state index in [1.54, 1.807) is 42.1 Å². The predicted molar refractivity (Wildman–Crippen MR) is 119 cm³/mol. The molecule has 0 aliphatic carbocycles. The van der Waals surface area contributed by atoms with Crippen molar-refractivity contribution in [3.8, 4) is 28.4 Å². The molecule has 1 amide bonds. The first-order valence-electron chi connectivity index (χ1n) is 9.56. The Morgan fingerprint density at radius 3 is 2.42 bits per heavy atom. The molecule has 0 radical (unpaired) electrons. The van der Waals surface area contributed by atoms with Crippen molar-refractivity contribution in [3.63, 3.8) is 0 Å². The maximum absolute atomic E-state index is 12.9. The van der Waals surface area contributed by atoms with Gasteiger partial charge in [0.2, 0.25) is 0 Å². The summed E-state index contributed by atoms with van der Waals surface area (Å²) >= 11 is 0. The average Bonchev–Trinajstić information content (AvgIpc) is 3.27. The van der Waals surface area contributed by atoms with Gasteiger partial charge in [0.05, 0.1) is 24.7 Å². The maximum atomic E-state index is 12.9. The fraction of sp³-hybridized carbons (Fsp3) is 0.0417. The Morgan fingerprint density at radius 1 is 1.03 bits per heavy atom. The summed E-state index contributed by atoms with van der Waals surface area (Å²) < 4.78 is 6.80. The highest BCUT2D eigenvalue weighted by atomic mass is 16.5. The predicted octanol–water partition coefficient (Wildman–Crippen LogP) is 4.02. The molecular weight excluding hydrogens is 392 g/mol. The largest absolute Gasteiger partial charge is 0.508 e. The molecule has 0 unspecified atom stereocenters. The van der Waals surface area contributed by atoms with E-state index in [0.717, 1.165) is 22.6 Å². The Hall–Kier alpha value is -4.39. The number of phenols is 1. The molecule has 0 fully saturated rings. The highest BCUT2D eigenvalue weighted by Gasteiger charge is 2.17. The highest BCUT2D eigenvalue weighted by molar-refractivity contribution is 5.95. The van der Waals surface area contributed by atoms with E-state index < -0.39 is 5.91 Å². The number of hydrogen-bond acceptors (Lipinski definition) is 5. The summed E-state index contributed by atoms with van der Waals surface area (Å²) in [6.45, 7) is 0. The van der Waals surface area contributed by atoms with Crippen LogP contribution in [-0.2, 0) is 0 Å². The maximum Gasteiger partial charge on any atom is 0.290 e. The van der Waals surface area contributed by atoms with E-state index in [4.69, 9.17) is 4.74 Å². The fourth-order valence-electron chi connectivity index (χ4n) is 2.99. The van der Waals surface area contributed by atoms with Crippen molar-refractivity contribution >= 4 is 12.1 Å². The van der Waals surface area contributed by atoms with E-state index in [9.17, 15) is 9.90 Å². The Morgan fingerprint density at radius 2 is 1.74 bits per heavy atom. The third-order valence-corrected chi connectivity index (χ3v) is 4.60. The minimum absolute atomic E-state index is 0.166. The first-order chi connectivity index (χ1) is 15.1. The summed E-state index contributed by atoms with van der Waals surface area (Å²) in [6.07, 6.45) is 1.50. The van der Waals surface area contributed by atoms with E-state index in [1.165, 1.54) is 6.21 Å². The van der Waals surface area contributed by atoms with E-state index in [0.29, 0.717) is 11.4 Å². The summed E-state index contributed by atoms with van der Waals surface area (Å²) in [5, 5.41) is 18.0. The number of nitrogens with one attached hydrogen (secondary N) is 1. The number of rotatable bonds is 6. The van der Waals surface area contributed by atoms with Crippen LogP contribution in [0.25, 0.3) is 16.9 Å². The van der Waals surface area contributed by atoms with Crippen molar-refractivity contribution in [1.29, 1.82) is 0 Å². The van der Waals surface area contributed by atoms with Gasteiger partial charge >= 0.3 is 0 Å². The average molecular weight is 412 g/mol. The van der Waals surface area contributed by atoms with Gasteiger partial charge in [0.15, 0.2) is 0 Å². The number of ether oxygens (including phenoxy) is 1. The van der Waals surface area contributed by atoms with Crippen LogP contribution in [0.5, 0.6) is 11.5 Å². The minimum Gasteiger partial charge on any atom is -0.508 e. The molecule has 0 bridgehead atoms. The van der Waals surface area contributed by atoms with Gasteiger partial charge in [-0.15, -0.1) is 0 Å². The summed E-state index contributed by atoms with van der Waals surface area (Å²) in [4.78, 5) is 12.9. The first kappa shape index (κ1) is 19.9. The van der Waals surface area contributed by atoms with Crippen LogP contribution in [0.4, 0.5) is 0 Å². The zero-order chi connectivity index (χ0) is 21.6. The lowest BCUT2D eigenvalue weighted by Crippen LogP contribution is -2.21. The summed E-state index contributed by atoms with van der Waals surface area (Å²) in [5.41, 5.74) is 5.90. The molecule has 4 rings (SSSR count). The van der Waals surface area contributed by atoms with Gasteiger partial charge in [-0.05, 0) is 72.3 Å². The van der Waals surface area contributed by atoms with Gasteiger partial charge < -0.3 is 9.84 Å². The van der Waals surface area contributed by atoms with E-state index >= 15 is 0 Å². The Balaban J connectivity index is 1.63. The molecule has 0 saturated heterocycles. The number of carbonyl (C=O) groups excluding carboxylic acids is 1. The summed E-state index contributed by atoms with van der Waals surface area (Å²) in [5.74, 6) is 0.512. The number of benzene rings is 3. The third-order valence-electron chi connectivity index (χ3n) is 4.60. The molecule has 4 aromatic rings. The van der Waals surface area contributed by atoms with Crippen molar-refractivity contribution in [2.45, 2.75) is 0 Å². The van der Waals surface area contributed by atoms with Gasteiger partial charge in [0.1, 0.15) is 17.2 Å². The van der Waals surface area contributed by atoms with Crippen molar-refractivity contribution in [1.82, 2.24) is 15.2 Å². The molecule has 1 heterocycles. The number of aromatic nitrogens is 2. The lowest BCUT2D eigenvalue weighted by molar-refractivity contribution is 0.0947. The lowest BCUT2D eigenvalue weighted by Gasteiger charge is -2.06. The van der Waals surface area contributed by atoms with Gasteiger partial charge in [-0.2, -0.15) is 10.2 Å². The molecule has 0 aliphatic rings. The second-order valence-electron chi connectivity index (χ2n) is 6.68. The topological polar surface area (TPSA) is 88.7 Å². The monoisotopic (exact) mass is 412 g/mol. The molecule has 3 aromatic carbocycles. The van der Waals surface area contributed by atoms with Crippen molar-refractivity contribution < 1.29 is 14.6 Å². The van der Waals surface area contributed by atoms with Crippen LogP contribution in [0.2, 0.25) is 0 Å². The van der Waals surface area contributed by atoms with Crippen LogP contribution in [0.15, 0.2) is 90.0 Å². The zero-order valence-corrected chi connectivity index (χ0v) is 16.8. The van der Waals surface area contributed by atoms with Crippen molar-refractivity contribution in [3.05, 3.63) is 96.2 Å². The quantitative estimate of drug-likeness (QED) is 0.370. The number of hydrogen-bond donors (Lipinski definition) is 2. The standard InChI is InChI=1S/C24H20N4O3/c1-31-21-13-9-18(10-14-21)22-15-23(28(27-22)19-5-3-2-4-6-19)24(30)26-25-16-17-7-11-20(29)12-8-17/h2-16,29H,1H3,(H,26,30). The first-order valence-corrected chi connectivity index (χ1v) is 9.56. The second kappa shape index (κ2) is 8.96. The molecule has 0 saturated carbocycles. The molecule has 0 aliphatic heterocycles. The number of nitrogens with zero attached hydrogens (tertiary/aromatic N) is 3. The van der Waals surface area contributed by atoms with Crippen LogP contribution in [0, 0.1) is 0 Å². The number of aromatic hydroxyl groups is 1. The third kappa shape index (κ3) is 4.62. The Kier molecular flexibility index (Phi) is 5.75. The highest BCUT2D eigenvalue weighted by Crippen LogP contribution is 2.24. The van der Waals surface area contributed by atoms with Crippen molar-refractivity contribution in [2.75, 3.05) is 7.11 Å². The van der Waals surface area contributed by atoms with Gasteiger partial charge in [-0.3, -0.25) is 4.79 Å². The smallest absolute Gasteiger partial charge is 0.290 e. The molecule has 7 heteroatoms. The number of methoxy groups -OCH3 is 1. The number of carbonyl (C=O) groups is 1. The molecule has 0 spiro atoms. The number of hydrazone groups is 1. The molecule has 2 N–H and O–H groups in total. The summed E-state index contributed by atoms with van der Waals surface area (Å²) in [7, 11) is 1.61. The molecule has 0 atom stereocenters. The molecule has 31 heavy (non-hydrogen) atoms. The minimum atomic E-state index is -0.397. The molecule has 1 aromatic heterocycles. The van der Waals surface area contributed by atoms with E-state index in [-0.39, 0.29) is 5.75 Å². The van der Waals surface area contributed by atoms with Crippen LogP contribution in [-0.4, -0.2) is 34.1 Å². The Labute approximate surface area is 179 Å². The van der Waals surface area contributed by atoms with E-state index in [1.807, 2.05) is 54.6 Å².